The van der Waals surface area contributed by atoms with Crippen LogP contribution in [-0.4, -0.2) is 31.5 Å². The lowest BCUT2D eigenvalue weighted by Gasteiger charge is -2.20. The maximum atomic E-state index is 14.5. The Kier molecular flexibility index (Phi) is 6.33. The molecule has 1 aliphatic carbocycles. The molecule has 1 atom stereocenters. The normalized spacial score (nSPS) is 17.6. The SMILES string of the molecule is CC.COC1=C(OC)C=C2C(Oc3cc4sc(N)nc4cc3F)=CC=NC2C=C1. The van der Waals surface area contributed by atoms with Gasteiger partial charge in [0, 0.05) is 23.9 Å². The number of halogens is 1. The molecule has 2 aliphatic rings. The van der Waals surface area contributed by atoms with E-state index in [0.29, 0.717) is 27.9 Å². The molecule has 0 spiro atoms. The molecule has 1 aromatic carbocycles. The van der Waals surface area contributed by atoms with E-state index < -0.39 is 5.82 Å². The lowest BCUT2D eigenvalue weighted by atomic mass is 10.0. The fourth-order valence-electron chi connectivity index (χ4n) is 2.87. The molecular formula is C21H22FN3O3S. The van der Waals surface area contributed by atoms with E-state index in [4.69, 9.17) is 19.9 Å². The number of hydrogen-bond donors (Lipinski definition) is 1. The molecule has 0 saturated heterocycles. The number of dihydropyridines is 1. The standard InChI is InChI=1S/C19H16FN3O3S.C2H6/c1-24-15-4-3-12-10(7-17(15)25-2)14(5-6-22-12)26-16-9-18-13(8-11(16)20)23-19(21)27-18;1-2/h3-9,12H,1-2H3,(H2,21,23);1-2H3. The summed E-state index contributed by atoms with van der Waals surface area (Å²) in [5.74, 6) is 1.15. The van der Waals surface area contributed by atoms with Crippen LogP contribution in [0.3, 0.4) is 0 Å². The molecule has 29 heavy (non-hydrogen) atoms. The Hall–Kier alpha value is -3.13. The van der Waals surface area contributed by atoms with E-state index in [-0.39, 0.29) is 11.8 Å². The van der Waals surface area contributed by atoms with Crippen molar-refractivity contribution in [3.05, 3.63) is 65.1 Å². The minimum Gasteiger partial charge on any atom is -0.493 e. The van der Waals surface area contributed by atoms with Crippen LogP contribution in [0.4, 0.5) is 9.52 Å². The second-order valence-electron chi connectivity index (χ2n) is 5.77. The van der Waals surface area contributed by atoms with Crippen molar-refractivity contribution in [1.82, 2.24) is 4.98 Å². The number of nitrogens with zero attached hydrogens (tertiary/aromatic N) is 2. The highest BCUT2D eigenvalue weighted by Gasteiger charge is 2.24. The van der Waals surface area contributed by atoms with Crippen LogP contribution in [0.2, 0.25) is 0 Å². The van der Waals surface area contributed by atoms with Gasteiger partial charge in [0.1, 0.15) is 5.76 Å². The molecule has 2 N–H and O–H groups in total. The number of aliphatic imine (C=N–C) groups is 1. The zero-order chi connectivity index (χ0) is 21.0. The van der Waals surface area contributed by atoms with Gasteiger partial charge >= 0.3 is 0 Å². The van der Waals surface area contributed by atoms with E-state index in [0.717, 1.165) is 10.3 Å². The lowest BCUT2D eigenvalue weighted by Crippen LogP contribution is -2.15. The molecule has 2 aromatic rings. The third kappa shape index (κ3) is 4.17. The predicted octanol–water partition coefficient (Wildman–Crippen LogP) is 4.76. The number of nitrogen functional groups attached to an aromatic ring is 1. The van der Waals surface area contributed by atoms with E-state index >= 15 is 0 Å². The van der Waals surface area contributed by atoms with E-state index in [1.807, 2.05) is 19.9 Å². The number of allylic oxidation sites excluding steroid dienone is 3. The van der Waals surface area contributed by atoms with Crippen LogP contribution in [0.1, 0.15) is 13.8 Å². The molecule has 1 unspecified atom stereocenters. The summed E-state index contributed by atoms with van der Waals surface area (Å²) in [5, 5.41) is 0.379. The van der Waals surface area contributed by atoms with Gasteiger partial charge in [-0.1, -0.05) is 31.3 Å². The number of ether oxygens (including phenoxy) is 3. The van der Waals surface area contributed by atoms with Crippen LogP contribution in [0, 0.1) is 5.82 Å². The number of benzene rings is 1. The summed E-state index contributed by atoms with van der Waals surface area (Å²) < 4.78 is 31.9. The fraction of sp³-hybridized carbons (Fsp3) is 0.238. The second-order valence-corrected chi connectivity index (χ2v) is 6.84. The van der Waals surface area contributed by atoms with E-state index in [9.17, 15) is 4.39 Å². The van der Waals surface area contributed by atoms with Gasteiger partial charge in [-0.25, -0.2) is 9.37 Å². The molecule has 0 radical (unpaired) electrons. The maximum Gasteiger partial charge on any atom is 0.181 e. The highest BCUT2D eigenvalue weighted by molar-refractivity contribution is 7.22. The molecule has 0 saturated carbocycles. The Morgan fingerprint density at radius 1 is 1.14 bits per heavy atom. The summed E-state index contributed by atoms with van der Waals surface area (Å²) in [4.78, 5) is 8.51. The number of nitrogens with two attached hydrogens (primary N) is 1. The molecule has 1 aliphatic heterocycles. The Bertz CT molecular complexity index is 1070. The van der Waals surface area contributed by atoms with Gasteiger partial charge in [0.15, 0.2) is 28.2 Å². The van der Waals surface area contributed by atoms with Crippen LogP contribution in [0.25, 0.3) is 10.2 Å². The van der Waals surface area contributed by atoms with Gasteiger partial charge in [0.25, 0.3) is 0 Å². The van der Waals surface area contributed by atoms with Gasteiger partial charge in [-0.15, -0.1) is 0 Å². The van der Waals surface area contributed by atoms with Crippen LogP contribution in [0.15, 0.2) is 64.3 Å². The van der Waals surface area contributed by atoms with E-state index in [1.54, 1.807) is 44.7 Å². The number of methoxy groups -OCH3 is 2. The van der Waals surface area contributed by atoms with Crippen molar-refractivity contribution in [1.29, 1.82) is 0 Å². The zero-order valence-electron chi connectivity index (χ0n) is 16.6. The zero-order valence-corrected chi connectivity index (χ0v) is 17.4. The Labute approximate surface area is 172 Å². The molecular weight excluding hydrogens is 393 g/mol. The molecule has 1 aromatic heterocycles. The number of aromatic nitrogens is 1. The molecule has 4 rings (SSSR count). The summed E-state index contributed by atoms with van der Waals surface area (Å²) in [6.07, 6.45) is 8.76. The van der Waals surface area contributed by atoms with Crippen LogP contribution in [-0.2, 0) is 9.47 Å². The second kappa shape index (κ2) is 8.91. The summed E-state index contributed by atoms with van der Waals surface area (Å²) >= 11 is 1.27. The Morgan fingerprint density at radius 3 is 2.62 bits per heavy atom. The fourth-order valence-corrected chi connectivity index (χ4v) is 3.62. The van der Waals surface area contributed by atoms with Crippen molar-refractivity contribution in [3.63, 3.8) is 0 Å². The quantitative estimate of drug-likeness (QED) is 0.779. The predicted molar refractivity (Wildman–Crippen MR) is 115 cm³/mol. The van der Waals surface area contributed by atoms with Crippen molar-refractivity contribution in [2.24, 2.45) is 4.99 Å². The van der Waals surface area contributed by atoms with Crippen molar-refractivity contribution >= 4 is 32.9 Å². The minimum atomic E-state index is -0.516. The van der Waals surface area contributed by atoms with Crippen molar-refractivity contribution < 1.29 is 18.6 Å². The van der Waals surface area contributed by atoms with E-state index in [1.165, 1.54) is 17.4 Å². The van der Waals surface area contributed by atoms with E-state index in [2.05, 4.69) is 9.98 Å². The highest BCUT2D eigenvalue weighted by atomic mass is 32.1. The van der Waals surface area contributed by atoms with Crippen molar-refractivity contribution in [2.75, 3.05) is 20.0 Å². The highest BCUT2D eigenvalue weighted by Crippen LogP contribution is 2.34. The summed E-state index contributed by atoms with van der Waals surface area (Å²) in [6.45, 7) is 4.00. The first-order valence-corrected chi connectivity index (χ1v) is 9.90. The molecule has 2 heterocycles. The molecule has 8 heteroatoms. The number of anilines is 1. The number of hydrogen-bond acceptors (Lipinski definition) is 7. The summed E-state index contributed by atoms with van der Waals surface area (Å²) in [6, 6.07) is 2.63. The van der Waals surface area contributed by atoms with Crippen molar-refractivity contribution in [3.8, 4) is 5.75 Å². The van der Waals surface area contributed by atoms with Crippen LogP contribution < -0.4 is 10.5 Å². The molecule has 6 nitrogen and oxygen atoms in total. The summed E-state index contributed by atoms with van der Waals surface area (Å²) in [7, 11) is 3.12. The summed E-state index contributed by atoms with van der Waals surface area (Å²) in [5.41, 5.74) is 6.95. The Balaban J connectivity index is 0.00000117. The maximum absolute atomic E-state index is 14.5. The first-order valence-electron chi connectivity index (χ1n) is 9.08. The van der Waals surface area contributed by atoms with Gasteiger partial charge in [-0.3, -0.25) is 4.99 Å². The molecule has 0 fully saturated rings. The first-order chi connectivity index (χ1) is 14.1. The average molecular weight is 415 g/mol. The average Bonchev–Trinajstić information content (AvgIpc) is 2.97. The minimum absolute atomic E-state index is 0.0930. The van der Waals surface area contributed by atoms with Crippen molar-refractivity contribution in [2.45, 2.75) is 19.9 Å². The molecule has 152 valence electrons. The van der Waals surface area contributed by atoms with Gasteiger partial charge in [-0.05, 0) is 18.2 Å². The van der Waals surface area contributed by atoms with Gasteiger partial charge in [0.05, 0.1) is 30.5 Å². The monoisotopic (exact) mass is 415 g/mol. The number of fused-ring (bicyclic) bond motifs is 2. The molecule has 0 amide bonds. The first kappa shape index (κ1) is 20.6. The van der Waals surface area contributed by atoms with Crippen LogP contribution >= 0.6 is 11.3 Å². The number of thiazole rings is 1. The number of rotatable bonds is 4. The Morgan fingerprint density at radius 2 is 1.90 bits per heavy atom. The van der Waals surface area contributed by atoms with Crippen LogP contribution in [0.5, 0.6) is 5.75 Å². The van der Waals surface area contributed by atoms with Gasteiger partial charge in [-0.2, -0.15) is 0 Å². The third-order valence-corrected chi connectivity index (χ3v) is 5.00. The lowest BCUT2D eigenvalue weighted by molar-refractivity contribution is 0.241. The smallest absolute Gasteiger partial charge is 0.181 e. The van der Waals surface area contributed by atoms with Gasteiger partial charge < -0.3 is 19.9 Å². The largest absolute Gasteiger partial charge is 0.493 e. The molecule has 0 bridgehead atoms. The third-order valence-electron chi connectivity index (χ3n) is 4.15. The van der Waals surface area contributed by atoms with Gasteiger partial charge in [0.2, 0.25) is 0 Å². The topological polar surface area (TPSA) is 79.0 Å².